The number of fused-ring (bicyclic) bond motifs is 6. The quantitative estimate of drug-likeness (QED) is 0.0389. The number of hydrogen-bond acceptors (Lipinski definition) is 36. The number of aliphatic hydroxyl groups excluding tert-OH is 6. The Bertz CT molecular complexity index is 4940. The standard InChI is InChI=1S/C20H27BrN6O7.C15H21BrN6O6.C13H16BrN5O5.C10H12BrN5O5.2ClH/c1-7(2)10(23-8(3)28)17(30)31-6-9-12-13(34-20(4,5)33-12)16(32-9)27-14-11(24-18(27)21)15(29)26-19(22)25-14;1-4(2)6(17)13(26)27-3-5-8(23)9(24)12(28-5)22-10-7(19-14(22)16)11(25)21-15(18)20-10;1-13(2)23-6-4(3-20)22-10(7(6)24-13)19-8-5(16-11(19)14)9(21)18-12(15)17-8;11-9-13-3-6(14-10(12)15-7(3)20)16(9)8-5(19)4(18)2(1-17)21-8;;/h7,9-10,12-13,16H,6H2,1-5H3,(H,23,28)(H3,22,25,26,29);4-6,8-9,12,23-24H,3,17H2,1-2H3,(H3,18,20,21,25);4,6-7,10,20H,3H2,1-2H3,(H3,15,17,18,21);2,4-5,8,17-19H,1H2,(H3,12,14,15,20);2*1H/t9-,10+,12-,13?,16-;5-,6+,8-,9-,12-;4-,6-,7?,10-;2-,4-,5-,8-;;/m1111../s1. The molecular weight excluding hydrogens is 1760 g/mol. The predicted octanol–water partition coefficient (Wildman–Crippen LogP) is -2.01. The lowest BCUT2D eigenvalue weighted by molar-refractivity contribution is -0.202. The van der Waals surface area contributed by atoms with Gasteiger partial charge in [0.1, 0.15) is 98.5 Å². The molecule has 0 spiro atoms. The fraction of sp³-hybridized carbons (Fsp3) is 0.603. The van der Waals surface area contributed by atoms with Crippen molar-refractivity contribution in [2.24, 2.45) is 17.6 Å². The second-order valence-corrected chi connectivity index (χ2v) is 29.5. The van der Waals surface area contributed by atoms with Crippen molar-refractivity contribution in [2.75, 3.05) is 49.4 Å². The smallest absolute Gasteiger partial charge is 0.328 e. The summed E-state index contributed by atoms with van der Waals surface area (Å²) in [6.45, 7) is 14.5. The number of carbonyl (C=O) groups is 3. The van der Waals surface area contributed by atoms with Gasteiger partial charge in [0.2, 0.25) is 29.7 Å². The van der Waals surface area contributed by atoms with E-state index >= 15 is 0 Å². The minimum atomic E-state index is -1.40. The maximum Gasteiger partial charge on any atom is 0.328 e. The Morgan fingerprint density at radius 3 is 1.12 bits per heavy atom. The Morgan fingerprint density at radius 1 is 0.477 bits per heavy atom. The molecule has 2 unspecified atom stereocenters. The Balaban J connectivity index is 0.000000169. The number of nitrogens with two attached hydrogens (primary N) is 5. The number of aromatic amines is 4. The van der Waals surface area contributed by atoms with E-state index in [2.05, 4.69) is 129 Å². The number of carbonyl (C=O) groups excluding carboxylic acids is 3. The molecule has 6 aliphatic rings. The van der Waals surface area contributed by atoms with Gasteiger partial charge in [0.15, 0.2) is 100 Å². The van der Waals surface area contributed by atoms with E-state index in [0.717, 1.165) is 0 Å². The molecule has 1 amide bonds. The van der Waals surface area contributed by atoms with E-state index in [1.54, 1.807) is 64.5 Å². The number of nitrogen functional groups attached to an aromatic ring is 4. The van der Waals surface area contributed by atoms with E-state index in [-0.39, 0.29) is 145 Å². The summed E-state index contributed by atoms with van der Waals surface area (Å²) in [7, 11) is 0. The maximum absolute atomic E-state index is 12.7. The Morgan fingerprint density at radius 2 is 0.780 bits per heavy atom. The van der Waals surface area contributed by atoms with E-state index in [1.807, 2.05) is 0 Å². The third kappa shape index (κ3) is 17.3. The van der Waals surface area contributed by atoms with Crippen molar-refractivity contribution in [1.29, 1.82) is 0 Å². The van der Waals surface area contributed by atoms with Crippen LogP contribution in [0.4, 0.5) is 23.8 Å². The number of esters is 2. The molecule has 109 heavy (non-hydrogen) atoms. The first-order chi connectivity index (χ1) is 50.2. The molecule has 0 aromatic carbocycles. The summed E-state index contributed by atoms with van der Waals surface area (Å²) < 4.78 is 64.3. The van der Waals surface area contributed by atoms with E-state index in [9.17, 15) is 59.1 Å². The molecule has 45 nitrogen and oxygen atoms in total. The molecule has 0 radical (unpaired) electrons. The number of imidazole rings is 4. The number of ether oxygens (including phenoxy) is 10. The molecule has 0 saturated carbocycles. The summed E-state index contributed by atoms with van der Waals surface area (Å²) in [5.41, 5.74) is 26.9. The van der Waals surface area contributed by atoms with E-state index in [4.69, 9.17) is 81.1 Å². The highest BCUT2D eigenvalue weighted by Crippen LogP contribution is 2.47. The first-order valence-corrected chi connectivity index (χ1v) is 35.8. The number of anilines is 4. The van der Waals surface area contributed by atoms with E-state index < -0.39 is 163 Å². The average molecular weight is 1840 g/mol. The molecule has 6 fully saturated rings. The molecule has 21 N–H and O–H groups in total. The van der Waals surface area contributed by atoms with Crippen molar-refractivity contribution in [3.8, 4) is 0 Å². The Kier molecular flexibility index (Phi) is 26.6. The second kappa shape index (κ2) is 33.7. The molecule has 0 aliphatic carbocycles. The molecule has 600 valence electrons. The van der Waals surface area contributed by atoms with Crippen LogP contribution in [0.3, 0.4) is 0 Å². The minimum Gasteiger partial charge on any atom is -0.462 e. The van der Waals surface area contributed by atoms with Crippen LogP contribution in [-0.2, 0) is 61.8 Å². The summed E-state index contributed by atoms with van der Waals surface area (Å²) in [6.07, 6.45) is -14.4. The monoisotopic (exact) mass is 1840 g/mol. The second-order valence-electron chi connectivity index (χ2n) is 26.7. The van der Waals surface area contributed by atoms with Gasteiger partial charge in [0.25, 0.3) is 22.2 Å². The van der Waals surface area contributed by atoms with Crippen LogP contribution >= 0.6 is 88.5 Å². The summed E-state index contributed by atoms with van der Waals surface area (Å²) in [4.78, 5) is 126. The van der Waals surface area contributed by atoms with Crippen molar-refractivity contribution < 1.29 is 92.4 Å². The van der Waals surface area contributed by atoms with E-state index in [0.29, 0.717) is 4.73 Å². The van der Waals surface area contributed by atoms with Crippen LogP contribution in [0, 0.1) is 11.8 Å². The number of halogens is 6. The van der Waals surface area contributed by atoms with E-state index in [1.165, 1.54) is 16.1 Å². The zero-order valence-electron chi connectivity index (χ0n) is 58.6. The number of nitrogens with one attached hydrogen (secondary N) is 5. The van der Waals surface area contributed by atoms with Gasteiger partial charge in [-0.05, 0) is 103 Å². The molecule has 14 rings (SSSR count). The lowest BCUT2D eigenvalue weighted by Crippen LogP contribution is -2.45. The zero-order valence-corrected chi connectivity index (χ0v) is 66.6. The van der Waals surface area contributed by atoms with Gasteiger partial charge in [-0.3, -0.25) is 67.0 Å². The Labute approximate surface area is 658 Å². The van der Waals surface area contributed by atoms with Crippen LogP contribution in [0.5, 0.6) is 0 Å². The molecule has 6 aliphatic heterocycles. The van der Waals surface area contributed by atoms with Gasteiger partial charge in [-0.2, -0.15) is 19.9 Å². The number of aliphatic hydroxyl groups is 6. The summed E-state index contributed by atoms with van der Waals surface area (Å²) in [6, 6.07) is -1.61. The lowest BCUT2D eigenvalue weighted by atomic mass is 10.0. The third-order valence-corrected chi connectivity index (χ3v) is 19.7. The SMILES string of the molecule is CC(=O)N[C@H](C(=O)OC[C@H]1O[C@@H](n2c(Br)nc3c(=O)[nH]c(N)nc32)C2OC(C)(C)O[C@@H]21)C(C)C.CC(C)[C@H](N)C(=O)OC[C@H]1O[C@@H](n2c(Br)nc3c(=O)[nH]c(N)nc32)[C@H](O)[C@@H]1O.CC1(C)OC2[C@H](n3c(Br)nc4c(=O)[nH]c(N)nc43)O[C@H](CO)[C@H]2O1.Cl.Cl.Nc1nc2c(nc(Br)n2[C@@H]2O[C@H](CO)[C@@H](O)[C@H]2O)c(=O)[nH]1. The number of amides is 1. The largest absolute Gasteiger partial charge is 0.462 e. The molecule has 14 heterocycles. The third-order valence-electron chi connectivity index (χ3n) is 17.5. The highest BCUT2D eigenvalue weighted by molar-refractivity contribution is 9.11. The van der Waals surface area contributed by atoms with Crippen LogP contribution < -0.4 is 56.2 Å². The van der Waals surface area contributed by atoms with Crippen LogP contribution in [0.2, 0.25) is 0 Å². The number of H-pyrrole nitrogens is 4. The topological polar surface area (TPSA) is 661 Å². The highest BCUT2D eigenvalue weighted by Gasteiger charge is 2.59. The first kappa shape index (κ1) is 85.9. The van der Waals surface area contributed by atoms with Gasteiger partial charge < -0.3 is 112 Å². The first-order valence-electron chi connectivity index (χ1n) is 32.6. The van der Waals surface area contributed by atoms with Crippen LogP contribution in [0.25, 0.3) is 44.7 Å². The molecule has 8 aromatic heterocycles. The molecular formula is C58H78Br4Cl2N22O23. The highest BCUT2D eigenvalue weighted by atomic mass is 79.9. The van der Waals surface area contributed by atoms with Gasteiger partial charge in [-0.25, -0.2) is 24.7 Å². The molecule has 6 saturated heterocycles. The van der Waals surface area contributed by atoms with Gasteiger partial charge in [-0.15, -0.1) is 24.8 Å². The number of nitrogens with zero attached hydrogens (tertiary/aromatic N) is 12. The van der Waals surface area contributed by atoms with Crippen LogP contribution in [0.1, 0.15) is 87.2 Å². The van der Waals surface area contributed by atoms with Gasteiger partial charge >= 0.3 is 11.9 Å². The number of aromatic nitrogens is 16. The zero-order chi connectivity index (χ0) is 78.2. The summed E-state index contributed by atoms with van der Waals surface area (Å²) >= 11 is 13.0. The molecule has 18 atom stereocenters. The number of rotatable bonds is 15. The van der Waals surface area contributed by atoms with Crippen molar-refractivity contribution in [3.05, 3.63) is 60.3 Å². The normalized spacial score (nSPS) is 27.6. The molecule has 51 heteroatoms. The molecule has 0 bridgehead atoms. The van der Waals surface area contributed by atoms with Gasteiger partial charge in [-0.1, -0.05) is 27.7 Å². The van der Waals surface area contributed by atoms with Crippen molar-refractivity contribution in [1.82, 2.24) is 83.4 Å². The average Bonchev–Trinajstić information content (AvgIpc) is 1.59. The predicted molar refractivity (Wildman–Crippen MR) is 394 cm³/mol. The maximum atomic E-state index is 12.7. The van der Waals surface area contributed by atoms with Crippen LogP contribution in [-0.4, -0.2) is 250 Å². The fourth-order valence-electron chi connectivity index (χ4n) is 12.5. The number of hydrogen-bond donors (Lipinski definition) is 16. The van der Waals surface area contributed by atoms with Gasteiger partial charge in [0, 0.05) is 6.92 Å². The summed E-state index contributed by atoms with van der Waals surface area (Å²) in [5, 5.41) is 61.9. The van der Waals surface area contributed by atoms with Gasteiger partial charge in [0.05, 0.1) is 13.2 Å². The fourth-order valence-corrected chi connectivity index (χ4v) is 14.7. The Hall–Kier alpha value is -7.09. The molecule has 8 aromatic rings. The van der Waals surface area contributed by atoms with Crippen LogP contribution in [0.15, 0.2) is 38.1 Å². The van der Waals surface area contributed by atoms with Crippen molar-refractivity contribution >= 4 is 175 Å². The van der Waals surface area contributed by atoms with Crippen molar-refractivity contribution in [3.63, 3.8) is 0 Å². The van der Waals surface area contributed by atoms with Crippen molar-refractivity contribution in [2.45, 2.75) is 184 Å². The summed E-state index contributed by atoms with van der Waals surface area (Å²) in [5.74, 6) is -3.95. The minimum absolute atomic E-state index is 0. The lowest BCUT2D eigenvalue weighted by Gasteiger charge is -2.25.